The molecule has 0 aromatic heterocycles. The lowest BCUT2D eigenvalue weighted by atomic mass is 10.2. The molecule has 166 valence electrons. The van der Waals surface area contributed by atoms with Gasteiger partial charge in [0.1, 0.15) is 0 Å². The second-order valence-corrected chi connectivity index (χ2v) is 9.26. The Hall–Kier alpha value is -2.46. The SMILES string of the molecule is CCC(C)NC(=O)CCNC(=O)c1ccc(S(=O)(=O)N2CCN(C(C)=O)CC2)cc1. The fourth-order valence-corrected chi connectivity index (χ4v) is 4.43. The van der Waals surface area contributed by atoms with Gasteiger partial charge >= 0.3 is 0 Å². The van der Waals surface area contributed by atoms with Crippen molar-refractivity contribution < 1.29 is 22.8 Å². The van der Waals surface area contributed by atoms with Crippen molar-refractivity contribution in [3.05, 3.63) is 29.8 Å². The second kappa shape index (κ2) is 10.5. The molecule has 0 saturated carbocycles. The van der Waals surface area contributed by atoms with Gasteiger partial charge in [0.25, 0.3) is 5.91 Å². The number of carbonyl (C=O) groups excluding carboxylic acids is 3. The highest BCUT2D eigenvalue weighted by Gasteiger charge is 2.29. The number of piperazine rings is 1. The predicted molar refractivity (Wildman–Crippen MR) is 112 cm³/mol. The number of rotatable bonds is 8. The summed E-state index contributed by atoms with van der Waals surface area (Å²) < 4.78 is 26.9. The first-order valence-electron chi connectivity index (χ1n) is 10.1. The minimum atomic E-state index is -3.69. The quantitative estimate of drug-likeness (QED) is 0.616. The highest BCUT2D eigenvalue weighted by Crippen LogP contribution is 2.18. The topological polar surface area (TPSA) is 116 Å². The Morgan fingerprint density at radius 1 is 1.07 bits per heavy atom. The molecular weight excluding hydrogens is 408 g/mol. The summed E-state index contributed by atoms with van der Waals surface area (Å²) in [5.41, 5.74) is 0.317. The molecule has 1 atom stereocenters. The number of benzene rings is 1. The Labute approximate surface area is 177 Å². The first kappa shape index (κ1) is 23.8. The molecule has 2 N–H and O–H groups in total. The van der Waals surface area contributed by atoms with Crippen LogP contribution in [0.4, 0.5) is 0 Å². The van der Waals surface area contributed by atoms with Crippen LogP contribution in [0.2, 0.25) is 0 Å². The van der Waals surface area contributed by atoms with Crippen molar-refractivity contribution in [3.8, 4) is 0 Å². The van der Waals surface area contributed by atoms with Crippen molar-refractivity contribution in [2.45, 2.75) is 44.6 Å². The molecule has 0 spiro atoms. The van der Waals surface area contributed by atoms with Crippen molar-refractivity contribution in [3.63, 3.8) is 0 Å². The van der Waals surface area contributed by atoms with E-state index in [1.54, 1.807) is 4.90 Å². The van der Waals surface area contributed by atoms with Gasteiger partial charge in [-0.15, -0.1) is 0 Å². The van der Waals surface area contributed by atoms with Crippen LogP contribution in [0.5, 0.6) is 0 Å². The zero-order chi connectivity index (χ0) is 22.3. The molecular formula is C20H30N4O5S. The third-order valence-electron chi connectivity index (χ3n) is 5.10. The zero-order valence-corrected chi connectivity index (χ0v) is 18.5. The van der Waals surface area contributed by atoms with Gasteiger partial charge in [-0.05, 0) is 37.6 Å². The molecule has 10 heteroatoms. The van der Waals surface area contributed by atoms with Gasteiger partial charge in [0.15, 0.2) is 0 Å². The van der Waals surface area contributed by atoms with E-state index >= 15 is 0 Å². The summed E-state index contributed by atoms with van der Waals surface area (Å²) >= 11 is 0. The molecule has 3 amide bonds. The van der Waals surface area contributed by atoms with E-state index in [1.807, 2.05) is 13.8 Å². The molecule has 1 aliphatic rings. The van der Waals surface area contributed by atoms with E-state index < -0.39 is 10.0 Å². The van der Waals surface area contributed by atoms with Gasteiger partial charge in [0.05, 0.1) is 4.90 Å². The standard InChI is InChI=1S/C20H30N4O5S/c1-4-15(2)22-19(26)9-10-21-20(27)17-5-7-18(8-6-17)30(28,29)24-13-11-23(12-14-24)16(3)25/h5-8,15H,4,9-14H2,1-3H3,(H,21,27)(H,22,26). The van der Waals surface area contributed by atoms with Crippen LogP contribution >= 0.6 is 0 Å². The van der Waals surface area contributed by atoms with Crippen LogP contribution in [0, 0.1) is 0 Å². The van der Waals surface area contributed by atoms with Gasteiger partial charge in [-0.2, -0.15) is 4.31 Å². The van der Waals surface area contributed by atoms with Crippen LogP contribution in [-0.4, -0.2) is 74.1 Å². The number of hydrogen-bond acceptors (Lipinski definition) is 5. The number of amides is 3. The number of nitrogens with one attached hydrogen (secondary N) is 2. The molecule has 1 unspecified atom stereocenters. The Kier molecular flexibility index (Phi) is 8.36. The van der Waals surface area contributed by atoms with E-state index in [4.69, 9.17) is 0 Å². The second-order valence-electron chi connectivity index (χ2n) is 7.32. The van der Waals surface area contributed by atoms with E-state index in [1.165, 1.54) is 35.5 Å². The van der Waals surface area contributed by atoms with E-state index in [-0.39, 0.29) is 54.7 Å². The van der Waals surface area contributed by atoms with Crippen LogP contribution in [-0.2, 0) is 19.6 Å². The maximum absolute atomic E-state index is 12.8. The predicted octanol–water partition coefficient (Wildman–Crippen LogP) is 0.574. The average molecular weight is 439 g/mol. The molecule has 2 rings (SSSR count). The highest BCUT2D eigenvalue weighted by molar-refractivity contribution is 7.89. The van der Waals surface area contributed by atoms with Crippen molar-refractivity contribution in [2.24, 2.45) is 0 Å². The average Bonchev–Trinajstić information content (AvgIpc) is 2.73. The summed E-state index contributed by atoms with van der Waals surface area (Å²) in [6.45, 7) is 6.75. The van der Waals surface area contributed by atoms with Crippen LogP contribution < -0.4 is 10.6 Å². The molecule has 1 aromatic carbocycles. The summed E-state index contributed by atoms with van der Waals surface area (Å²) in [5, 5.41) is 5.48. The summed E-state index contributed by atoms with van der Waals surface area (Å²) in [6, 6.07) is 5.79. The molecule has 30 heavy (non-hydrogen) atoms. The van der Waals surface area contributed by atoms with E-state index in [0.29, 0.717) is 18.7 Å². The Balaban J connectivity index is 1.90. The van der Waals surface area contributed by atoms with Gasteiger partial charge < -0.3 is 15.5 Å². The molecule has 1 fully saturated rings. The fraction of sp³-hybridized carbons (Fsp3) is 0.550. The molecule has 1 aliphatic heterocycles. The summed E-state index contributed by atoms with van der Waals surface area (Å²) in [5.74, 6) is -0.568. The van der Waals surface area contributed by atoms with Crippen molar-refractivity contribution >= 4 is 27.7 Å². The fourth-order valence-electron chi connectivity index (χ4n) is 3.01. The number of nitrogens with zero attached hydrogens (tertiary/aromatic N) is 2. The van der Waals surface area contributed by atoms with Crippen molar-refractivity contribution in [2.75, 3.05) is 32.7 Å². The minimum Gasteiger partial charge on any atom is -0.354 e. The lowest BCUT2D eigenvalue weighted by Gasteiger charge is -2.33. The Bertz CT molecular complexity index is 862. The van der Waals surface area contributed by atoms with Gasteiger partial charge in [0, 0.05) is 57.7 Å². The van der Waals surface area contributed by atoms with Crippen molar-refractivity contribution in [1.82, 2.24) is 19.8 Å². The molecule has 1 saturated heterocycles. The normalized spacial score (nSPS) is 16.0. The zero-order valence-electron chi connectivity index (χ0n) is 17.7. The van der Waals surface area contributed by atoms with Gasteiger partial charge in [0.2, 0.25) is 21.8 Å². The summed E-state index contributed by atoms with van der Waals surface area (Å²) in [6.07, 6.45) is 1.01. The number of carbonyl (C=O) groups is 3. The lowest BCUT2D eigenvalue weighted by molar-refractivity contribution is -0.130. The Morgan fingerprint density at radius 3 is 2.20 bits per heavy atom. The van der Waals surface area contributed by atoms with Crippen LogP contribution in [0.1, 0.15) is 44.0 Å². The third kappa shape index (κ3) is 6.27. The highest BCUT2D eigenvalue weighted by atomic mass is 32.2. The first-order chi connectivity index (χ1) is 14.1. The maximum Gasteiger partial charge on any atom is 0.251 e. The smallest absolute Gasteiger partial charge is 0.251 e. The van der Waals surface area contributed by atoms with Crippen LogP contribution in [0.25, 0.3) is 0 Å². The van der Waals surface area contributed by atoms with Crippen molar-refractivity contribution in [1.29, 1.82) is 0 Å². The molecule has 0 aliphatic carbocycles. The van der Waals surface area contributed by atoms with Gasteiger partial charge in [-0.3, -0.25) is 14.4 Å². The monoisotopic (exact) mass is 438 g/mol. The molecule has 0 radical (unpaired) electrons. The molecule has 1 aromatic rings. The van der Waals surface area contributed by atoms with E-state index in [9.17, 15) is 22.8 Å². The minimum absolute atomic E-state index is 0.0697. The summed E-state index contributed by atoms with van der Waals surface area (Å²) in [7, 11) is -3.69. The molecule has 0 bridgehead atoms. The third-order valence-corrected chi connectivity index (χ3v) is 7.01. The first-order valence-corrected chi connectivity index (χ1v) is 11.5. The lowest BCUT2D eigenvalue weighted by Crippen LogP contribution is -2.49. The van der Waals surface area contributed by atoms with Gasteiger partial charge in [-0.1, -0.05) is 6.92 Å². The van der Waals surface area contributed by atoms with E-state index in [2.05, 4.69) is 10.6 Å². The largest absolute Gasteiger partial charge is 0.354 e. The number of sulfonamides is 1. The van der Waals surface area contributed by atoms with E-state index in [0.717, 1.165) is 6.42 Å². The molecule has 9 nitrogen and oxygen atoms in total. The van der Waals surface area contributed by atoms with Gasteiger partial charge in [-0.25, -0.2) is 8.42 Å². The molecule has 1 heterocycles. The summed E-state index contributed by atoms with van der Waals surface area (Å²) in [4.78, 5) is 37.1. The Morgan fingerprint density at radius 2 is 1.67 bits per heavy atom. The van der Waals surface area contributed by atoms with Crippen LogP contribution in [0.15, 0.2) is 29.2 Å². The maximum atomic E-state index is 12.8. The van der Waals surface area contributed by atoms with Crippen LogP contribution in [0.3, 0.4) is 0 Å². The number of hydrogen-bond donors (Lipinski definition) is 2.